The summed E-state index contributed by atoms with van der Waals surface area (Å²) >= 11 is 0. The zero-order valence-corrected chi connectivity index (χ0v) is 26.3. The van der Waals surface area contributed by atoms with Crippen molar-refractivity contribution in [2.75, 3.05) is 7.11 Å². The van der Waals surface area contributed by atoms with Crippen LogP contribution in [0.3, 0.4) is 0 Å². The number of fused-ring (bicyclic) bond motifs is 3. The number of ketones is 3. The number of phenolic OH excluding ortho intramolecular Hbond substituents is 2. The number of hydrogen-bond acceptors (Lipinski definition) is 11. The van der Waals surface area contributed by atoms with E-state index >= 15 is 0 Å². The zero-order chi connectivity index (χ0) is 32.2. The number of phenols is 2. The number of rotatable bonds is 7. The van der Waals surface area contributed by atoms with E-state index in [0.717, 1.165) is 5.56 Å². The Morgan fingerprint density at radius 2 is 1.72 bits per heavy atom. The third kappa shape index (κ3) is 5.57. The summed E-state index contributed by atoms with van der Waals surface area (Å²) in [4.78, 5) is 40.2. The van der Waals surface area contributed by atoms with E-state index in [1.54, 1.807) is 6.92 Å². The molecule has 0 radical (unpaired) electrons. The van der Waals surface area contributed by atoms with Crippen LogP contribution < -0.4 is 10.1 Å². The summed E-state index contributed by atoms with van der Waals surface area (Å²) < 4.78 is 17.6. The molecule has 1 saturated heterocycles. The van der Waals surface area contributed by atoms with Crippen LogP contribution in [0.4, 0.5) is 0 Å². The molecule has 46 heavy (non-hydrogen) atoms. The number of halogens is 1. The Hall–Kier alpha value is -3.84. The number of Topliss-reactive ketones (excluding diaryl/α,β-unsaturated/α-hetero) is 1. The fraction of sp³-hybridized carbons (Fsp3) is 0.382. The first kappa shape index (κ1) is 33.5. The van der Waals surface area contributed by atoms with Gasteiger partial charge < -0.3 is 40.0 Å². The predicted octanol–water partition coefficient (Wildman–Crippen LogP) is 3.28. The highest BCUT2D eigenvalue weighted by atomic mass is 35.5. The van der Waals surface area contributed by atoms with Crippen molar-refractivity contribution in [3.63, 3.8) is 0 Å². The van der Waals surface area contributed by atoms with Crippen LogP contribution in [-0.2, 0) is 27.2 Å². The fourth-order valence-electron chi connectivity index (χ4n) is 6.67. The molecule has 0 bridgehead atoms. The number of carbonyl (C=O) groups excluding carboxylic acids is 3. The number of aliphatic hydroxyl groups excluding tert-OH is 1. The SMILES string of the molecule is COc1cccc2c1C(=O)c1c(O)c3c(c(O)c1C2=O)C[C@@](O)(C(C)=O)C[C@@H]3OC1CC(NCc2ccccc2)C(O)C(C)O1.Cl. The second kappa shape index (κ2) is 12.7. The Kier molecular flexibility index (Phi) is 9.29. The van der Waals surface area contributed by atoms with Crippen molar-refractivity contribution >= 4 is 29.8 Å². The van der Waals surface area contributed by atoms with Gasteiger partial charge in [-0.1, -0.05) is 42.5 Å². The van der Waals surface area contributed by atoms with Gasteiger partial charge in [0.25, 0.3) is 0 Å². The molecule has 3 aliphatic rings. The molecule has 0 spiro atoms. The number of nitrogens with one attached hydrogen (secondary N) is 1. The van der Waals surface area contributed by atoms with Gasteiger partial charge in [0.2, 0.25) is 5.78 Å². The summed E-state index contributed by atoms with van der Waals surface area (Å²) in [6.07, 6.45) is -4.31. The van der Waals surface area contributed by atoms with Crippen molar-refractivity contribution in [1.82, 2.24) is 5.32 Å². The largest absolute Gasteiger partial charge is 0.507 e. The highest BCUT2D eigenvalue weighted by Crippen LogP contribution is 2.52. The van der Waals surface area contributed by atoms with Crippen molar-refractivity contribution in [1.29, 1.82) is 0 Å². The Morgan fingerprint density at radius 1 is 1.02 bits per heavy atom. The van der Waals surface area contributed by atoms with Gasteiger partial charge in [-0.05, 0) is 25.5 Å². The van der Waals surface area contributed by atoms with Crippen molar-refractivity contribution in [2.24, 2.45) is 0 Å². The van der Waals surface area contributed by atoms with Gasteiger partial charge in [0.05, 0.1) is 42.1 Å². The van der Waals surface area contributed by atoms with Gasteiger partial charge in [0.1, 0.15) is 22.8 Å². The van der Waals surface area contributed by atoms with Gasteiger partial charge in [-0.2, -0.15) is 0 Å². The first-order valence-corrected chi connectivity index (χ1v) is 14.8. The fourth-order valence-corrected chi connectivity index (χ4v) is 6.67. The van der Waals surface area contributed by atoms with Gasteiger partial charge in [-0.3, -0.25) is 14.4 Å². The van der Waals surface area contributed by atoms with Crippen molar-refractivity contribution in [3.8, 4) is 17.2 Å². The van der Waals surface area contributed by atoms with Crippen molar-refractivity contribution < 1.29 is 49.0 Å². The Bertz CT molecular complexity index is 1700. The maximum atomic E-state index is 13.8. The third-order valence-corrected chi connectivity index (χ3v) is 9.16. The molecule has 1 fully saturated rings. The topological polar surface area (TPSA) is 172 Å². The highest BCUT2D eigenvalue weighted by molar-refractivity contribution is 6.31. The first-order valence-electron chi connectivity index (χ1n) is 14.8. The number of benzene rings is 3. The second-order valence-corrected chi connectivity index (χ2v) is 11.9. The van der Waals surface area contributed by atoms with Crippen LogP contribution in [0.15, 0.2) is 48.5 Å². The van der Waals surface area contributed by atoms with E-state index < -0.39 is 82.6 Å². The summed E-state index contributed by atoms with van der Waals surface area (Å²) in [7, 11) is 1.35. The van der Waals surface area contributed by atoms with Crippen LogP contribution in [0.25, 0.3) is 0 Å². The quantitative estimate of drug-likeness (QED) is 0.185. The van der Waals surface area contributed by atoms with E-state index in [4.69, 9.17) is 14.2 Å². The molecule has 4 unspecified atom stereocenters. The molecule has 0 aromatic heterocycles. The van der Waals surface area contributed by atoms with E-state index in [1.807, 2.05) is 30.3 Å². The molecular formula is C34H36ClNO10. The molecule has 6 rings (SSSR count). The van der Waals surface area contributed by atoms with Crippen LogP contribution in [0.5, 0.6) is 17.2 Å². The maximum absolute atomic E-state index is 13.8. The summed E-state index contributed by atoms with van der Waals surface area (Å²) in [5.41, 5.74) is -1.98. The maximum Gasteiger partial charge on any atom is 0.202 e. The molecule has 3 aromatic rings. The molecule has 5 N–H and O–H groups in total. The summed E-state index contributed by atoms with van der Waals surface area (Å²) in [5, 5.41) is 48.8. The van der Waals surface area contributed by atoms with E-state index in [0.29, 0.717) is 6.54 Å². The summed E-state index contributed by atoms with van der Waals surface area (Å²) in [6, 6.07) is 13.7. The van der Waals surface area contributed by atoms with E-state index in [-0.39, 0.29) is 53.3 Å². The monoisotopic (exact) mass is 653 g/mol. The number of carbonyl (C=O) groups is 3. The summed E-state index contributed by atoms with van der Waals surface area (Å²) in [5.74, 6) is -3.13. The summed E-state index contributed by atoms with van der Waals surface area (Å²) in [6.45, 7) is 3.36. The minimum atomic E-state index is -2.01. The molecule has 3 aromatic carbocycles. The third-order valence-electron chi connectivity index (χ3n) is 9.16. The smallest absolute Gasteiger partial charge is 0.202 e. The van der Waals surface area contributed by atoms with Crippen LogP contribution in [0.2, 0.25) is 0 Å². The molecule has 11 nitrogen and oxygen atoms in total. The molecular weight excluding hydrogens is 618 g/mol. The number of hydrogen-bond donors (Lipinski definition) is 5. The van der Waals surface area contributed by atoms with E-state index in [2.05, 4.69) is 5.32 Å². The van der Waals surface area contributed by atoms with Crippen LogP contribution in [0, 0.1) is 0 Å². The van der Waals surface area contributed by atoms with Gasteiger partial charge in [0, 0.05) is 48.5 Å². The van der Waals surface area contributed by atoms with Crippen LogP contribution in [0.1, 0.15) is 81.3 Å². The standard InChI is InChI=1S/C34H35NO10.ClH/c1-16-29(37)21(35-15-18-8-5-4-6-9-18)12-24(44-16)45-23-14-34(42,17(2)36)13-20-26(23)33(41)28-27(31(20)39)30(38)19-10-7-11-22(43-3)25(19)32(28)40;/h4-11,16,21,23-24,29,35,37,39,41-42H,12-15H2,1-3H3;1H/t16?,21?,23-,24?,29?,34-;/m0./s1. The molecule has 2 aliphatic carbocycles. The molecule has 0 amide bonds. The van der Waals surface area contributed by atoms with Crippen LogP contribution in [-0.4, -0.2) is 75.0 Å². The zero-order valence-electron chi connectivity index (χ0n) is 25.5. The molecule has 12 heteroatoms. The Morgan fingerprint density at radius 3 is 2.39 bits per heavy atom. The second-order valence-electron chi connectivity index (χ2n) is 11.9. The van der Waals surface area contributed by atoms with E-state index in [9.17, 15) is 34.8 Å². The minimum absolute atomic E-state index is 0. The molecule has 1 aliphatic heterocycles. The van der Waals surface area contributed by atoms with Gasteiger partial charge in [0.15, 0.2) is 17.9 Å². The van der Waals surface area contributed by atoms with Crippen molar-refractivity contribution in [3.05, 3.63) is 87.5 Å². The van der Waals surface area contributed by atoms with Crippen LogP contribution >= 0.6 is 12.4 Å². The van der Waals surface area contributed by atoms with Crippen molar-refractivity contribution in [2.45, 2.75) is 75.9 Å². The van der Waals surface area contributed by atoms with Gasteiger partial charge >= 0.3 is 0 Å². The molecule has 0 saturated carbocycles. The Balaban J connectivity index is 0.00000417. The molecule has 6 atom stereocenters. The predicted molar refractivity (Wildman–Crippen MR) is 167 cm³/mol. The normalized spacial score (nSPS) is 26.8. The number of ether oxygens (including phenoxy) is 3. The van der Waals surface area contributed by atoms with Gasteiger partial charge in [-0.15, -0.1) is 12.4 Å². The number of aliphatic hydroxyl groups is 2. The first-order chi connectivity index (χ1) is 21.4. The highest BCUT2D eigenvalue weighted by Gasteiger charge is 2.49. The molecule has 244 valence electrons. The average molecular weight is 654 g/mol. The number of methoxy groups -OCH3 is 1. The van der Waals surface area contributed by atoms with Gasteiger partial charge in [-0.25, -0.2) is 0 Å². The minimum Gasteiger partial charge on any atom is -0.507 e. The lowest BCUT2D eigenvalue weighted by atomic mass is 9.72. The van der Waals surface area contributed by atoms with E-state index in [1.165, 1.54) is 32.2 Å². The lowest BCUT2D eigenvalue weighted by molar-refractivity contribution is -0.249. The lowest BCUT2D eigenvalue weighted by Gasteiger charge is -2.43. The lowest BCUT2D eigenvalue weighted by Crippen LogP contribution is -2.54. The number of aromatic hydroxyl groups is 2. The molecule has 1 heterocycles. The average Bonchev–Trinajstić information content (AvgIpc) is 3.02. The Labute approximate surface area is 271 Å².